The van der Waals surface area contributed by atoms with Gasteiger partial charge in [-0.2, -0.15) is 0 Å². The Hall–Kier alpha value is -2.15. The minimum absolute atomic E-state index is 0.0352. The van der Waals surface area contributed by atoms with E-state index in [4.69, 9.17) is 4.74 Å². The summed E-state index contributed by atoms with van der Waals surface area (Å²) in [7, 11) is 0. The summed E-state index contributed by atoms with van der Waals surface area (Å²) < 4.78 is 9.81. The SMILES string of the molecule is C[C@H]1CN(C(=O)c2ccn(C(C)(C)C)c2)Cc2nnc(C3CCOCC3)n21. The molecule has 0 saturated carbocycles. The maximum atomic E-state index is 13.0. The van der Waals surface area contributed by atoms with E-state index in [9.17, 15) is 4.79 Å². The van der Waals surface area contributed by atoms with E-state index >= 15 is 0 Å². The Labute approximate surface area is 160 Å². The van der Waals surface area contributed by atoms with Crippen molar-refractivity contribution in [1.29, 1.82) is 0 Å². The van der Waals surface area contributed by atoms with E-state index in [-0.39, 0.29) is 17.5 Å². The van der Waals surface area contributed by atoms with Crippen LogP contribution in [-0.4, -0.2) is 49.9 Å². The second-order valence-corrected chi connectivity index (χ2v) is 8.74. The Kier molecular flexibility index (Phi) is 4.58. The molecule has 146 valence electrons. The van der Waals surface area contributed by atoms with Crippen LogP contribution in [0.15, 0.2) is 18.5 Å². The van der Waals surface area contributed by atoms with Crippen molar-refractivity contribution in [2.45, 2.75) is 64.6 Å². The summed E-state index contributed by atoms with van der Waals surface area (Å²) in [6.45, 7) is 11.3. The first kappa shape index (κ1) is 18.2. The number of hydrogen-bond donors (Lipinski definition) is 0. The van der Waals surface area contributed by atoms with Gasteiger partial charge in [0, 0.05) is 43.6 Å². The third-order valence-electron chi connectivity index (χ3n) is 5.64. The van der Waals surface area contributed by atoms with E-state index in [1.807, 2.05) is 23.4 Å². The van der Waals surface area contributed by atoms with E-state index in [1.54, 1.807) is 0 Å². The minimum atomic E-state index is -0.0352. The van der Waals surface area contributed by atoms with Crippen LogP contribution in [0.4, 0.5) is 0 Å². The maximum Gasteiger partial charge on any atom is 0.255 e. The molecule has 1 amide bonds. The molecule has 0 aliphatic carbocycles. The summed E-state index contributed by atoms with van der Waals surface area (Å²) >= 11 is 0. The average Bonchev–Trinajstić information content (AvgIpc) is 3.29. The lowest BCUT2D eigenvalue weighted by molar-refractivity contribution is 0.0668. The van der Waals surface area contributed by atoms with Crippen molar-refractivity contribution in [2.75, 3.05) is 19.8 Å². The molecule has 2 aromatic rings. The molecule has 7 heteroatoms. The van der Waals surface area contributed by atoms with Gasteiger partial charge in [-0.15, -0.1) is 10.2 Å². The lowest BCUT2D eigenvalue weighted by Crippen LogP contribution is -2.41. The summed E-state index contributed by atoms with van der Waals surface area (Å²) in [6, 6.07) is 2.08. The van der Waals surface area contributed by atoms with Gasteiger partial charge in [0.2, 0.25) is 0 Å². The zero-order valence-electron chi connectivity index (χ0n) is 16.7. The van der Waals surface area contributed by atoms with E-state index in [2.05, 4.69) is 47.0 Å². The van der Waals surface area contributed by atoms with Crippen molar-refractivity contribution in [3.63, 3.8) is 0 Å². The Morgan fingerprint density at radius 3 is 2.63 bits per heavy atom. The average molecular weight is 371 g/mol. The second-order valence-electron chi connectivity index (χ2n) is 8.74. The zero-order chi connectivity index (χ0) is 19.2. The van der Waals surface area contributed by atoms with Gasteiger partial charge in [-0.1, -0.05) is 0 Å². The normalized spacial score (nSPS) is 21.3. The maximum absolute atomic E-state index is 13.0. The summed E-state index contributed by atoms with van der Waals surface area (Å²) in [4.78, 5) is 14.9. The predicted molar refractivity (Wildman–Crippen MR) is 102 cm³/mol. The van der Waals surface area contributed by atoms with Crippen LogP contribution in [0, 0.1) is 0 Å². The van der Waals surface area contributed by atoms with Gasteiger partial charge in [-0.3, -0.25) is 4.79 Å². The third-order valence-corrected chi connectivity index (χ3v) is 5.64. The van der Waals surface area contributed by atoms with Crippen molar-refractivity contribution in [2.24, 2.45) is 0 Å². The summed E-state index contributed by atoms with van der Waals surface area (Å²) in [5, 5.41) is 8.92. The van der Waals surface area contributed by atoms with Gasteiger partial charge in [0.1, 0.15) is 5.82 Å². The number of rotatable bonds is 2. The smallest absolute Gasteiger partial charge is 0.255 e. The van der Waals surface area contributed by atoms with Gasteiger partial charge >= 0.3 is 0 Å². The second kappa shape index (κ2) is 6.78. The molecule has 1 saturated heterocycles. The first-order chi connectivity index (χ1) is 12.8. The predicted octanol–water partition coefficient (Wildman–Crippen LogP) is 2.95. The fraction of sp³-hybridized carbons (Fsp3) is 0.650. The summed E-state index contributed by atoms with van der Waals surface area (Å²) in [6.07, 6.45) is 5.91. The molecule has 4 rings (SSSR count). The summed E-state index contributed by atoms with van der Waals surface area (Å²) in [5.74, 6) is 2.42. The van der Waals surface area contributed by atoms with Crippen molar-refractivity contribution in [3.8, 4) is 0 Å². The number of aromatic nitrogens is 4. The van der Waals surface area contributed by atoms with Gasteiger partial charge in [0.15, 0.2) is 5.82 Å². The van der Waals surface area contributed by atoms with Crippen molar-refractivity contribution >= 4 is 5.91 Å². The molecule has 1 fully saturated rings. The van der Waals surface area contributed by atoms with Crippen LogP contribution >= 0.6 is 0 Å². The van der Waals surface area contributed by atoms with Crippen LogP contribution in [0.2, 0.25) is 0 Å². The highest BCUT2D eigenvalue weighted by Crippen LogP contribution is 2.31. The standard InChI is InChI=1S/C20H29N5O2/c1-14-11-23(19(26)16-5-8-24(12-16)20(2,3)4)13-17-21-22-18(25(14)17)15-6-9-27-10-7-15/h5,8,12,14-15H,6-7,9-11,13H2,1-4H3/t14-/m0/s1. The highest BCUT2D eigenvalue weighted by molar-refractivity contribution is 5.94. The van der Waals surface area contributed by atoms with E-state index in [1.165, 1.54) is 0 Å². The quantitative estimate of drug-likeness (QED) is 0.814. The lowest BCUT2D eigenvalue weighted by Gasteiger charge is -2.34. The highest BCUT2D eigenvalue weighted by atomic mass is 16.5. The van der Waals surface area contributed by atoms with Crippen LogP contribution in [0.5, 0.6) is 0 Å². The topological polar surface area (TPSA) is 65.2 Å². The Bertz CT molecular complexity index is 826. The van der Waals surface area contributed by atoms with Gasteiger partial charge in [-0.25, -0.2) is 0 Å². The van der Waals surface area contributed by atoms with E-state index < -0.39 is 0 Å². The number of fused-ring (bicyclic) bond motifs is 1. The highest BCUT2D eigenvalue weighted by Gasteiger charge is 2.33. The molecule has 0 unspecified atom stereocenters. The van der Waals surface area contributed by atoms with E-state index in [0.717, 1.165) is 43.3 Å². The van der Waals surface area contributed by atoms with Crippen LogP contribution in [0.25, 0.3) is 0 Å². The van der Waals surface area contributed by atoms with Crippen molar-refractivity contribution in [3.05, 3.63) is 35.7 Å². The Morgan fingerprint density at radius 1 is 1.22 bits per heavy atom. The van der Waals surface area contributed by atoms with Crippen LogP contribution < -0.4 is 0 Å². The number of hydrogen-bond acceptors (Lipinski definition) is 4. The van der Waals surface area contributed by atoms with Gasteiger partial charge in [0.25, 0.3) is 5.91 Å². The molecule has 2 aliphatic rings. The number of carbonyl (C=O) groups excluding carboxylic acids is 1. The molecule has 4 heterocycles. The largest absolute Gasteiger partial charge is 0.381 e. The fourth-order valence-electron chi connectivity index (χ4n) is 4.07. The molecule has 0 radical (unpaired) electrons. The molecule has 7 nitrogen and oxygen atoms in total. The number of nitrogens with zero attached hydrogens (tertiary/aromatic N) is 5. The van der Waals surface area contributed by atoms with Crippen molar-refractivity contribution in [1.82, 2.24) is 24.2 Å². The van der Waals surface area contributed by atoms with Gasteiger partial charge < -0.3 is 18.8 Å². The third kappa shape index (κ3) is 3.40. The van der Waals surface area contributed by atoms with Crippen LogP contribution in [-0.2, 0) is 16.8 Å². The molecule has 0 aromatic carbocycles. The molecule has 0 N–H and O–H groups in total. The molecular weight excluding hydrogens is 342 g/mol. The van der Waals surface area contributed by atoms with Gasteiger partial charge in [0.05, 0.1) is 18.2 Å². The number of carbonyl (C=O) groups is 1. The minimum Gasteiger partial charge on any atom is -0.381 e. The monoisotopic (exact) mass is 371 g/mol. The molecule has 0 spiro atoms. The number of ether oxygens (including phenoxy) is 1. The molecule has 1 atom stereocenters. The Balaban J connectivity index is 1.54. The molecule has 27 heavy (non-hydrogen) atoms. The zero-order valence-corrected chi connectivity index (χ0v) is 16.7. The molecule has 0 bridgehead atoms. The molecule has 2 aliphatic heterocycles. The molecular formula is C20H29N5O2. The summed E-state index contributed by atoms with van der Waals surface area (Å²) in [5.41, 5.74) is 0.696. The van der Waals surface area contributed by atoms with Gasteiger partial charge in [-0.05, 0) is 46.6 Å². The molecule has 2 aromatic heterocycles. The first-order valence-electron chi connectivity index (χ1n) is 9.84. The van der Waals surface area contributed by atoms with Crippen LogP contribution in [0.1, 0.15) is 74.5 Å². The van der Waals surface area contributed by atoms with E-state index in [0.29, 0.717) is 19.0 Å². The lowest BCUT2D eigenvalue weighted by atomic mass is 9.99. The van der Waals surface area contributed by atoms with Crippen molar-refractivity contribution < 1.29 is 9.53 Å². The fourth-order valence-corrected chi connectivity index (χ4v) is 4.07. The Morgan fingerprint density at radius 2 is 1.96 bits per heavy atom. The first-order valence-corrected chi connectivity index (χ1v) is 9.84. The van der Waals surface area contributed by atoms with Crippen LogP contribution in [0.3, 0.4) is 0 Å². The number of amides is 1.